The minimum atomic E-state index is -0.628. The van der Waals surface area contributed by atoms with Gasteiger partial charge in [0.25, 0.3) is 0 Å². The molecule has 0 bridgehead atoms. The van der Waals surface area contributed by atoms with Crippen molar-refractivity contribution in [1.82, 2.24) is 5.32 Å². The van der Waals surface area contributed by atoms with Gasteiger partial charge < -0.3 is 20.3 Å². The van der Waals surface area contributed by atoms with Gasteiger partial charge in [-0.3, -0.25) is 0 Å². The van der Waals surface area contributed by atoms with Crippen LogP contribution in [0.4, 0.5) is 0 Å². The predicted octanol–water partition coefficient (Wildman–Crippen LogP) is 0.590. The molecule has 86 valence electrons. The summed E-state index contributed by atoms with van der Waals surface area (Å²) in [6.07, 6.45) is 0. The average Bonchev–Trinajstić information content (AvgIpc) is 2.74. The molecular formula is C10H17NO3S. The molecule has 5 heteroatoms. The molecule has 0 saturated heterocycles. The molecule has 0 spiro atoms. The number of hydrogen-bond donors (Lipinski definition) is 3. The van der Waals surface area contributed by atoms with E-state index in [1.165, 1.54) is 0 Å². The van der Waals surface area contributed by atoms with Gasteiger partial charge in [-0.05, 0) is 19.1 Å². The summed E-state index contributed by atoms with van der Waals surface area (Å²) in [5.74, 6) is 0. The first-order valence-corrected chi connectivity index (χ1v) is 5.54. The second-order valence-electron chi connectivity index (χ2n) is 3.66. The molecule has 3 N–H and O–H groups in total. The summed E-state index contributed by atoms with van der Waals surface area (Å²) in [5.41, 5.74) is -0.628. The summed E-state index contributed by atoms with van der Waals surface area (Å²) in [6.45, 7) is 2.21. The van der Waals surface area contributed by atoms with Crippen LogP contribution in [0.5, 0.6) is 5.06 Å². The summed E-state index contributed by atoms with van der Waals surface area (Å²) < 4.78 is 5.07. The molecule has 1 heterocycles. The molecule has 0 atom stereocenters. The largest absolute Gasteiger partial charge is 0.487 e. The van der Waals surface area contributed by atoms with Crippen molar-refractivity contribution >= 4 is 11.3 Å². The van der Waals surface area contributed by atoms with Crippen LogP contribution in [-0.4, -0.2) is 36.1 Å². The van der Waals surface area contributed by atoms with Gasteiger partial charge in [-0.1, -0.05) is 0 Å². The van der Waals surface area contributed by atoms with E-state index < -0.39 is 5.54 Å². The SMILES string of the molecule is COc1ccc(CNC(C)(CO)CO)s1. The molecule has 0 aliphatic carbocycles. The van der Waals surface area contributed by atoms with Crippen LogP contribution in [0.3, 0.4) is 0 Å². The van der Waals surface area contributed by atoms with Gasteiger partial charge in [-0.2, -0.15) is 0 Å². The maximum absolute atomic E-state index is 9.07. The van der Waals surface area contributed by atoms with Crippen LogP contribution < -0.4 is 10.1 Å². The van der Waals surface area contributed by atoms with E-state index in [1.807, 2.05) is 12.1 Å². The Morgan fingerprint density at radius 3 is 2.53 bits per heavy atom. The highest BCUT2D eigenvalue weighted by molar-refractivity contribution is 7.13. The molecule has 0 aliphatic heterocycles. The van der Waals surface area contributed by atoms with E-state index in [1.54, 1.807) is 25.4 Å². The van der Waals surface area contributed by atoms with Crippen molar-refractivity contribution in [1.29, 1.82) is 0 Å². The number of hydrogen-bond acceptors (Lipinski definition) is 5. The van der Waals surface area contributed by atoms with Crippen LogP contribution in [0.25, 0.3) is 0 Å². The lowest BCUT2D eigenvalue weighted by Gasteiger charge is -2.25. The Morgan fingerprint density at radius 1 is 1.40 bits per heavy atom. The van der Waals surface area contributed by atoms with Crippen LogP contribution in [0, 0.1) is 0 Å². The van der Waals surface area contributed by atoms with Crippen molar-refractivity contribution in [3.63, 3.8) is 0 Å². The molecule has 15 heavy (non-hydrogen) atoms. The lowest BCUT2D eigenvalue weighted by molar-refractivity contribution is 0.103. The Morgan fingerprint density at radius 2 is 2.07 bits per heavy atom. The van der Waals surface area contributed by atoms with Crippen molar-refractivity contribution in [2.75, 3.05) is 20.3 Å². The van der Waals surface area contributed by atoms with Crippen LogP contribution in [0.15, 0.2) is 12.1 Å². The maximum Gasteiger partial charge on any atom is 0.173 e. The molecular weight excluding hydrogens is 214 g/mol. The van der Waals surface area contributed by atoms with E-state index in [0.29, 0.717) is 6.54 Å². The van der Waals surface area contributed by atoms with Gasteiger partial charge >= 0.3 is 0 Å². The highest BCUT2D eigenvalue weighted by atomic mass is 32.1. The third-order valence-electron chi connectivity index (χ3n) is 2.23. The van der Waals surface area contributed by atoms with E-state index in [-0.39, 0.29) is 13.2 Å². The van der Waals surface area contributed by atoms with Gasteiger partial charge in [0, 0.05) is 11.4 Å². The summed E-state index contributed by atoms with van der Waals surface area (Å²) >= 11 is 1.55. The van der Waals surface area contributed by atoms with Crippen molar-refractivity contribution in [3.8, 4) is 5.06 Å². The number of nitrogens with one attached hydrogen (secondary N) is 1. The first-order chi connectivity index (χ1) is 7.13. The van der Waals surface area contributed by atoms with Gasteiger partial charge in [0.05, 0.1) is 25.9 Å². The molecule has 1 aromatic rings. The number of aliphatic hydroxyl groups excluding tert-OH is 2. The highest BCUT2D eigenvalue weighted by Crippen LogP contribution is 2.23. The van der Waals surface area contributed by atoms with Crippen LogP contribution in [0.2, 0.25) is 0 Å². The third-order valence-corrected chi connectivity index (χ3v) is 3.27. The highest BCUT2D eigenvalue weighted by Gasteiger charge is 2.21. The van der Waals surface area contributed by atoms with Gasteiger partial charge in [-0.25, -0.2) is 0 Å². The van der Waals surface area contributed by atoms with E-state index in [4.69, 9.17) is 14.9 Å². The summed E-state index contributed by atoms with van der Waals surface area (Å²) in [5, 5.41) is 22.1. The minimum Gasteiger partial charge on any atom is -0.487 e. The first kappa shape index (κ1) is 12.4. The summed E-state index contributed by atoms with van der Waals surface area (Å²) in [7, 11) is 1.63. The number of aliphatic hydroxyl groups is 2. The van der Waals surface area contributed by atoms with Gasteiger partial charge in [-0.15, -0.1) is 11.3 Å². The van der Waals surface area contributed by atoms with E-state index in [2.05, 4.69) is 5.32 Å². The molecule has 0 amide bonds. The van der Waals surface area contributed by atoms with E-state index >= 15 is 0 Å². The molecule has 0 saturated carbocycles. The second kappa shape index (κ2) is 5.46. The lowest BCUT2D eigenvalue weighted by atomic mass is 10.1. The Kier molecular flexibility index (Phi) is 4.53. The van der Waals surface area contributed by atoms with Crippen molar-refractivity contribution in [2.24, 2.45) is 0 Å². The zero-order chi connectivity index (χ0) is 11.3. The van der Waals surface area contributed by atoms with Crippen molar-refractivity contribution < 1.29 is 14.9 Å². The minimum absolute atomic E-state index is 0.0913. The fourth-order valence-electron chi connectivity index (χ4n) is 1.03. The number of methoxy groups -OCH3 is 1. The lowest BCUT2D eigenvalue weighted by Crippen LogP contribution is -2.48. The Hall–Kier alpha value is -0.620. The zero-order valence-corrected chi connectivity index (χ0v) is 9.80. The molecule has 0 aromatic carbocycles. The monoisotopic (exact) mass is 231 g/mol. The van der Waals surface area contributed by atoms with Crippen LogP contribution in [0.1, 0.15) is 11.8 Å². The topological polar surface area (TPSA) is 61.7 Å². The quantitative estimate of drug-likeness (QED) is 0.670. The predicted molar refractivity (Wildman–Crippen MR) is 60.3 cm³/mol. The number of rotatable bonds is 6. The van der Waals surface area contributed by atoms with Gasteiger partial charge in [0.1, 0.15) is 0 Å². The molecule has 0 radical (unpaired) electrons. The van der Waals surface area contributed by atoms with Crippen molar-refractivity contribution in [3.05, 3.63) is 17.0 Å². The molecule has 0 unspecified atom stereocenters. The summed E-state index contributed by atoms with van der Waals surface area (Å²) in [4.78, 5) is 1.11. The average molecular weight is 231 g/mol. The van der Waals surface area contributed by atoms with Gasteiger partial charge in [0.2, 0.25) is 0 Å². The second-order valence-corrected chi connectivity index (χ2v) is 4.79. The van der Waals surface area contributed by atoms with Crippen LogP contribution in [-0.2, 0) is 6.54 Å². The Labute approximate surface area is 93.5 Å². The molecule has 1 aromatic heterocycles. The fourth-order valence-corrected chi connectivity index (χ4v) is 1.78. The smallest absolute Gasteiger partial charge is 0.173 e. The maximum atomic E-state index is 9.07. The van der Waals surface area contributed by atoms with E-state index in [9.17, 15) is 0 Å². The zero-order valence-electron chi connectivity index (χ0n) is 8.99. The van der Waals surface area contributed by atoms with Crippen molar-refractivity contribution in [2.45, 2.75) is 19.0 Å². The summed E-state index contributed by atoms with van der Waals surface area (Å²) in [6, 6.07) is 3.86. The van der Waals surface area contributed by atoms with Crippen LogP contribution >= 0.6 is 11.3 Å². The van der Waals surface area contributed by atoms with E-state index in [0.717, 1.165) is 9.94 Å². The molecule has 0 aliphatic rings. The Bertz CT molecular complexity index is 297. The van der Waals surface area contributed by atoms with Gasteiger partial charge in [0.15, 0.2) is 5.06 Å². The Balaban J connectivity index is 2.49. The molecule has 0 fully saturated rings. The molecule has 1 rings (SSSR count). The molecule has 4 nitrogen and oxygen atoms in total. The third kappa shape index (κ3) is 3.46. The normalized spacial score (nSPS) is 11.7. The first-order valence-electron chi connectivity index (χ1n) is 4.73. The number of thiophene rings is 1. The standard InChI is InChI=1S/C10H17NO3S/c1-10(6-12,7-13)11-5-8-3-4-9(14-2)15-8/h3-4,11-13H,5-7H2,1-2H3. The fraction of sp³-hybridized carbons (Fsp3) is 0.600. The number of ether oxygens (including phenoxy) is 1.